The van der Waals surface area contributed by atoms with Crippen LogP contribution in [-0.2, 0) is 20.6 Å². The van der Waals surface area contributed by atoms with E-state index in [0.717, 1.165) is 29.1 Å². The standard InChI is InChI=1S/C37H44N6O7S2/c1-7-10-11-13-25(9-3)31-22-33(30-17-16-27(49-6)20-32(30)39-31)50-28-21-35(42(24-28)34(44)23-38-5)51-41-37(4,18-8-2)36(45)40-52(48)29-15-12-14-26(19-29)43(46)47/h7-8,10-17,19-20,22,28,35,38,41H,1-2,9,18,21,23-24H2,3-6H3,(H,40,45)/b11-10-,25-13+/t28-,35-,37+,52?/m1/s1. The van der Waals surface area contributed by atoms with Gasteiger partial charge in [-0.2, -0.15) is 0 Å². The molecule has 52 heavy (non-hydrogen) atoms. The van der Waals surface area contributed by atoms with E-state index in [0.29, 0.717) is 23.4 Å². The molecular weight excluding hydrogens is 705 g/mol. The van der Waals surface area contributed by atoms with Crippen LogP contribution in [0.1, 0.15) is 38.8 Å². The molecule has 276 valence electrons. The largest absolute Gasteiger partial charge is 0.497 e. The summed E-state index contributed by atoms with van der Waals surface area (Å²) in [5.74, 6) is 0.505. The highest BCUT2D eigenvalue weighted by Gasteiger charge is 2.40. The lowest BCUT2D eigenvalue weighted by molar-refractivity contribution is -0.385. The molecule has 13 nitrogen and oxygen atoms in total. The second kappa shape index (κ2) is 18.6. The second-order valence-electron chi connectivity index (χ2n) is 12.1. The Morgan fingerprint density at radius 1 is 1.21 bits per heavy atom. The molecule has 2 heterocycles. The van der Waals surface area contributed by atoms with Crippen molar-refractivity contribution in [3.8, 4) is 11.5 Å². The third-order valence-electron chi connectivity index (χ3n) is 8.29. The molecule has 15 heteroatoms. The number of hydrogen-bond acceptors (Lipinski definition) is 11. The summed E-state index contributed by atoms with van der Waals surface area (Å²) in [4.78, 5) is 44.2. The number of benzene rings is 2. The summed E-state index contributed by atoms with van der Waals surface area (Å²) in [7, 11) is 1.22. The van der Waals surface area contributed by atoms with Gasteiger partial charge in [0.2, 0.25) is 5.91 Å². The van der Waals surface area contributed by atoms with Gasteiger partial charge in [0.1, 0.15) is 23.1 Å². The zero-order valence-corrected chi connectivity index (χ0v) is 31.3. The van der Waals surface area contributed by atoms with Crippen molar-refractivity contribution in [1.82, 2.24) is 24.6 Å². The maximum Gasteiger partial charge on any atom is 0.270 e. The van der Waals surface area contributed by atoms with Gasteiger partial charge in [0.05, 0.1) is 46.6 Å². The number of nitrogens with zero attached hydrogens (tertiary/aromatic N) is 3. The van der Waals surface area contributed by atoms with Gasteiger partial charge in [-0.05, 0) is 50.6 Å². The molecule has 4 rings (SSSR count). The van der Waals surface area contributed by atoms with Crippen molar-refractivity contribution in [3.63, 3.8) is 0 Å². The van der Waals surface area contributed by atoms with Crippen LogP contribution in [0.15, 0.2) is 97.0 Å². The number of nitrogens with one attached hydrogen (secondary N) is 3. The van der Waals surface area contributed by atoms with Gasteiger partial charge in [-0.25, -0.2) is 13.9 Å². The number of ether oxygens (including phenoxy) is 2. The van der Waals surface area contributed by atoms with Crippen molar-refractivity contribution in [2.45, 2.75) is 55.0 Å². The third-order valence-corrected chi connectivity index (χ3v) is 10.6. The van der Waals surface area contributed by atoms with Crippen LogP contribution in [0, 0.1) is 10.1 Å². The van der Waals surface area contributed by atoms with E-state index in [1.807, 2.05) is 42.5 Å². The quantitative estimate of drug-likeness (QED) is 0.0486. The number of nitro groups is 1. The van der Waals surface area contributed by atoms with E-state index >= 15 is 0 Å². The molecular formula is C37H44N6O7S2. The fourth-order valence-corrected chi connectivity index (χ4v) is 7.65. The highest BCUT2D eigenvalue weighted by atomic mass is 32.2. The predicted molar refractivity (Wildman–Crippen MR) is 206 cm³/mol. The lowest BCUT2D eigenvalue weighted by Crippen LogP contribution is -2.53. The van der Waals surface area contributed by atoms with Gasteiger partial charge in [-0.1, -0.05) is 61.9 Å². The Hall–Kier alpha value is -4.83. The Kier molecular flexibility index (Phi) is 14.3. The van der Waals surface area contributed by atoms with Crippen molar-refractivity contribution in [2.24, 2.45) is 0 Å². The number of methoxy groups -OCH3 is 1. The van der Waals surface area contributed by atoms with Gasteiger partial charge < -0.3 is 19.7 Å². The average molecular weight is 749 g/mol. The molecule has 1 saturated heterocycles. The van der Waals surface area contributed by atoms with Crippen molar-refractivity contribution >= 4 is 56.9 Å². The number of pyridine rings is 1. The Morgan fingerprint density at radius 3 is 2.67 bits per heavy atom. The lowest BCUT2D eigenvalue weighted by atomic mass is 9.99. The van der Waals surface area contributed by atoms with Crippen molar-refractivity contribution in [3.05, 3.63) is 108 Å². The van der Waals surface area contributed by atoms with Gasteiger partial charge in [-0.3, -0.25) is 24.4 Å². The first kappa shape index (κ1) is 39.9. The Bertz CT molecular complexity index is 1900. The number of fused-ring (bicyclic) bond motifs is 1. The van der Waals surface area contributed by atoms with Crippen LogP contribution in [0.4, 0.5) is 5.69 Å². The molecule has 0 saturated carbocycles. The molecule has 0 aliphatic carbocycles. The molecule has 3 aromatic rings. The summed E-state index contributed by atoms with van der Waals surface area (Å²) in [5.41, 5.74) is 0.882. The minimum atomic E-state index is -2.07. The van der Waals surface area contributed by atoms with E-state index < -0.39 is 38.8 Å². The monoisotopic (exact) mass is 748 g/mol. The van der Waals surface area contributed by atoms with E-state index in [-0.39, 0.29) is 36.0 Å². The zero-order valence-electron chi connectivity index (χ0n) is 29.6. The molecule has 0 bridgehead atoms. The number of amides is 2. The summed E-state index contributed by atoms with van der Waals surface area (Å²) in [6.45, 7) is 11.6. The lowest BCUT2D eigenvalue weighted by Gasteiger charge is -2.31. The summed E-state index contributed by atoms with van der Waals surface area (Å²) in [6, 6.07) is 12.8. The molecule has 1 unspecified atom stereocenters. The molecule has 2 amide bonds. The number of likely N-dealkylation sites (N-methyl/N-ethyl adjacent to an activating group) is 1. The second-order valence-corrected chi connectivity index (χ2v) is 14.3. The molecule has 4 atom stereocenters. The molecule has 0 spiro atoms. The Labute approximate surface area is 310 Å². The predicted octanol–water partition coefficient (Wildman–Crippen LogP) is 5.62. The maximum atomic E-state index is 13.5. The summed E-state index contributed by atoms with van der Waals surface area (Å²) in [6.07, 6.45) is 9.89. The molecule has 1 fully saturated rings. The first-order valence-corrected chi connectivity index (χ1v) is 18.6. The Morgan fingerprint density at radius 2 is 2.00 bits per heavy atom. The SMILES string of the molecule is C=C/C=C\C=C(/CC)c1cc(O[C@@H]2C[C@@H](SN[C@@](C)(CC=C)C(=O)NS(=O)c3cccc([N+](=O)[O-])c3)N(C(=O)CNC)C2)c2ccc(OC)cc2n1. The third kappa shape index (κ3) is 9.94. The van der Waals surface area contributed by atoms with Crippen LogP contribution < -0.4 is 24.2 Å². The van der Waals surface area contributed by atoms with Crippen molar-refractivity contribution in [2.75, 3.05) is 27.2 Å². The van der Waals surface area contributed by atoms with Gasteiger partial charge in [0.25, 0.3) is 11.6 Å². The number of aromatic nitrogens is 1. The minimum Gasteiger partial charge on any atom is -0.497 e. The summed E-state index contributed by atoms with van der Waals surface area (Å²) >= 11 is 1.19. The van der Waals surface area contributed by atoms with E-state index in [1.54, 1.807) is 38.1 Å². The van der Waals surface area contributed by atoms with Crippen LogP contribution in [0.2, 0.25) is 0 Å². The van der Waals surface area contributed by atoms with Crippen molar-refractivity contribution in [1.29, 1.82) is 0 Å². The fourth-order valence-electron chi connectivity index (χ4n) is 5.49. The summed E-state index contributed by atoms with van der Waals surface area (Å²) in [5, 5.41) is 14.5. The topological polar surface area (TPSA) is 165 Å². The fraction of sp³-hybridized carbons (Fsp3) is 0.324. The van der Waals surface area contributed by atoms with Gasteiger partial charge in [0, 0.05) is 36.1 Å². The number of hydrogen-bond donors (Lipinski definition) is 3. The van der Waals surface area contributed by atoms with Gasteiger partial charge in [-0.15, -0.1) is 6.58 Å². The molecule has 3 N–H and O–H groups in total. The maximum absolute atomic E-state index is 13.5. The number of carbonyl (C=O) groups is 2. The van der Waals surface area contributed by atoms with E-state index in [2.05, 4.69) is 34.8 Å². The molecule has 1 aliphatic heterocycles. The van der Waals surface area contributed by atoms with E-state index in [9.17, 15) is 23.9 Å². The minimum absolute atomic E-state index is 0.0794. The number of carbonyl (C=O) groups excluding carboxylic acids is 2. The zero-order chi connectivity index (χ0) is 37.8. The van der Waals surface area contributed by atoms with Gasteiger partial charge >= 0.3 is 0 Å². The van der Waals surface area contributed by atoms with Crippen LogP contribution >= 0.6 is 11.9 Å². The van der Waals surface area contributed by atoms with E-state index in [1.165, 1.54) is 30.1 Å². The van der Waals surface area contributed by atoms with Gasteiger partial charge in [0.15, 0.2) is 11.0 Å². The number of likely N-dealkylation sites (tertiary alicyclic amines) is 1. The smallest absolute Gasteiger partial charge is 0.270 e. The molecule has 1 aliphatic rings. The highest BCUT2D eigenvalue weighted by Crippen LogP contribution is 2.36. The molecule has 1 aromatic heterocycles. The van der Waals surface area contributed by atoms with Crippen LogP contribution in [0.5, 0.6) is 11.5 Å². The molecule has 2 aromatic carbocycles. The van der Waals surface area contributed by atoms with Crippen molar-refractivity contribution < 1.29 is 28.2 Å². The first-order chi connectivity index (χ1) is 25.0. The normalized spacial score (nSPS) is 17.8. The number of non-ortho nitro benzene ring substituents is 1. The van der Waals surface area contributed by atoms with E-state index in [4.69, 9.17) is 14.5 Å². The highest BCUT2D eigenvalue weighted by molar-refractivity contribution is 7.98. The van der Waals surface area contributed by atoms with Crippen LogP contribution in [0.25, 0.3) is 16.5 Å². The first-order valence-electron chi connectivity index (χ1n) is 16.6. The Balaban J connectivity index is 1.59. The summed E-state index contributed by atoms with van der Waals surface area (Å²) < 4.78 is 30.9. The average Bonchev–Trinajstić information content (AvgIpc) is 3.55. The molecule has 0 radical (unpaired) electrons. The number of allylic oxidation sites excluding steroid dienone is 5. The number of rotatable bonds is 18. The number of nitro benzene ring substituents is 1. The van der Waals surface area contributed by atoms with Crippen LogP contribution in [-0.4, -0.2) is 75.1 Å². The van der Waals surface area contributed by atoms with Crippen LogP contribution in [0.3, 0.4) is 0 Å².